The van der Waals surface area contributed by atoms with Gasteiger partial charge in [-0.2, -0.15) is 0 Å². The third-order valence-corrected chi connectivity index (χ3v) is 2.70. The number of pyridine rings is 1. The Morgan fingerprint density at radius 2 is 2.36 bits per heavy atom. The van der Waals surface area contributed by atoms with Gasteiger partial charge in [0.1, 0.15) is 10.3 Å². The monoisotopic (exact) mass is 328 g/mol. The number of nitrogen functional groups attached to an aromatic ring is 1. The summed E-state index contributed by atoms with van der Waals surface area (Å²) in [6, 6.07) is 0. The van der Waals surface area contributed by atoms with Crippen LogP contribution in [0.25, 0.3) is 0 Å². The van der Waals surface area contributed by atoms with E-state index in [-0.39, 0.29) is 0 Å². The maximum Gasteiger partial charge on any atom is 0.151 e. The Kier molecular flexibility index (Phi) is 2.94. The second-order valence-electron chi connectivity index (χ2n) is 1.84. The van der Waals surface area contributed by atoms with Crippen molar-refractivity contribution in [3.05, 3.63) is 14.2 Å². The number of ether oxygens (including phenoxy) is 1. The fourth-order valence-electron chi connectivity index (χ4n) is 0.650. The minimum absolute atomic E-state index is 0.447. The molecule has 5 heteroatoms. The van der Waals surface area contributed by atoms with Crippen LogP contribution in [0.5, 0.6) is 5.75 Å². The summed E-state index contributed by atoms with van der Waals surface area (Å²) in [7, 11) is 1.60. The first-order valence-electron chi connectivity index (χ1n) is 2.80. The highest BCUT2D eigenvalue weighted by Gasteiger charge is 2.08. The Labute approximate surface area is 86.6 Å². The van der Waals surface area contributed by atoms with E-state index in [1.807, 2.05) is 0 Å². The summed E-state index contributed by atoms with van der Waals surface area (Å²) in [5, 5.41) is 0. The molecule has 0 bridgehead atoms. The van der Waals surface area contributed by atoms with Gasteiger partial charge in [-0.05, 0) is 38.5 Å². The van der Waals surface area contributed by atoms with Crippen LogP contribution in [0.4, 0.5) is 5.82 Å². The molecule has 0 amide bonds. The zero-order valence-corrected chi connectivity index (χ0v) is 9.51. The van der Waals surface area contributed by atoms with Crippen molar-refractivity contribution >= 4 is 44.3 Å². The molecule has 0 spiro atoms. The molecule has 0 saturated heterocycles. The molecule has 1 aromatic heterocycles. The van der Waals surface area contributed by atoms with E-state index in [1.165, 1.54) is 0 Å². The van der Waals surface area contributed by atoms with Crippen molar-refractivity contribution in [3.63, 3.8) is 0 Å². The van der Waals surface area contributed by atoms with Crippen LogP contribution >= 0.6 is 38.5 Å². The molecule has 2 N–H and O–H groups in total. The van der Waals surface area contributed by atoms with Gasteiger partial charge in [-0.15, -0.1) is 0 Å². The first-order valence-corrected chi connectivity index (χ1v) is 4.67. The van der Waals surface area contributed by atoms with Gasteiger partial charge in [0.25, 0.3) is 0 Å². The van der Waals surface area contributed by atoms with E-state index in [0.717, 1.165) is 9.32 Å². The van der Waals surface area contributed by atoms with Crippen LogP contribution in [-0.4, -0.2) is 12.1 Å². The highest BCUT2D eigenvalue weighted by molar-refractivity contribution is 14.1. The Morgan fingerprint density at radius 1 is 1.73 bits per heavy atom. The SMILES string of the molecule is COc1c(I)cnc(N)c1Br. The summed E-state index contributed by atoms with van der Waals surface area (Å²) in [4.78, 5) is 3.93. The molecule has 3 nitrogen and oxygen atoms in total. The average Bonchev–Trinajstić information content (AvgIpc) is 1.99. The Hall–Kier alpha value is -0.0400. The molecule has 0 aliphatic rings. The first-order chi connectivity index (χ1) is 5.16. The van der Waals surface area contributed by atoms with Crippen LogP contribution in [0.15, 0.2) is 10.7 Å². The second-order valence-corrected chi connectivity index (χ2v) is 3.79. The van der Waals surface area contributed by atoms with Crippen molar-refractivity contribution in [2.75, 3.05) is 12.8 Å². The van der Waals surface area contributed by atoms with Crippen molar-refractivity contribution in [3.8, 4) is 5.75 Å². The molecule has 1 heterocycles. The number of anilines is 1. The lowest BCUT2D eigenvalue weighted by Gasteiger charge is -2.06. The fraction of sp³-hybridized carbons (Fsp3) is 0.167. The van der Waals surface area contributed by atoms with Crippen molar-refractivity contribution in [2.24, 2.45) is 0 Å². The van der Waals surface area contributed by atoms with Crippen LogP contribution < -0.4 is 10.5 Å². The second kappa shape index (κ2) is 3.57. The topological polar surface area (TPSA) is 48.1 Å². The smallest absolute Gasteiger partial charge is 0.151 e. The molecule has 0 unspecified atom stereocenters. The first kappa shape index (κ1) is 9.05. The quantitative estimate of drug-likeness (QED) is 0.803. The summed E-state index contributed by atoms with van der Waals surface area (Å²) >= 11 is 5.40. The summed E-state index contributed by atoms with van der Waals surface area (Å²) < 4.78 is 6.73. The average molecular weight is 329 g/mol. The summed E-state index contributed by atoms with van der Waals surface area (Å²) in [6.07, 6.45) is 1.67. The largest absolute Gasteiger partial charge is 0.494 e. The molecule has 0 aliphatic heterocycles. The zero-order chi connectivity index (χ0) is 8.43. The van der Waals surface area contributed by atoms with Gasteiger partial charge in [0.2, 0.25) is 0 Å². The molecule has 0 aromatic carbocycles. The van der Waals surface area contributed by atoms with E-state index in [1.54, 1.807) is 13.3 Å². The van der Waals surface area contributed by atoms with Crippen LogP contribution in [0, 0.1) is 3.57 Å². The lowest BCUT2D eigenvalue weighted by Crippen LogP contribution is -1.96. The summed E-state index contributed by atoms with van der Waals surface area (Å²) in [6.45, 7) is 0. The fourth-order valence-corrected chi connectivity index (χ4v) is 2.13. The van der Waals surface area contributed by atoms with E-state index in [2.05, 4.69) is 43.5 Å². The molecule has 0 saturated carbocycles. The van der Waals surface area contributed by atoms with Crippen LogP contribution in [0.3, 0.4) is 0 Å². The van der Waals surface area contributed by atoms with Crippen molar-refractivity contribution in [1.29, 1.82) is 0 Å². The number of halogens is 2. The predicted molar refractivity (Wildman–Crippen MR) is 55.6 cm³/mol. The van der Waals surface area contributed by atoms with Gasteiger partial charge in [0, 0.05) is 6.20 Å². The lowest BCUT2D eigenvalue weighted by molar-refractivity contribution is 0.409. The van der Waals surface area contributed by atoms with Gasteiger partial charge in [0.05, 0.1) is 10.7 Å². The number of nitrogens with zero attached hydrogens (tertiary/aromatic N) is 1. The molecule has 1 aromatic rings. The molecular weight excluding hydrogens is 323 g/mol. The summed E-state index contributed by atoms with van der Waals surface area (Å²) in [5.41, 5.74) is 5.52. The number of aromatic nitrogens is 1. The van der Waals surface area contributed by atoms with E-state index < -0.39 is 0 Å². The predicted octanol–water partition coefficient (Wildman–Crippen LogP) is 2.04. The third kappa shape index (κ3) is 1.76. The highest BCUT2D eigenvalue weighted by atomic mass is 127. The highest BCUT2D eigenvalue weighted by Crippen LogP contribution is 2.32. The number of hydrogen-bond donors (Lipinski definition) is 1. The maximum atomic E-state index is 5.52. The molecule has 0 aliphatic carbocycles. The molecule has 0 radical (unpaired) electrons. The van der Waals surface area contributed by atoms with E-state index in [0.29, 0.717) is 10.3 Å². The molecule has 60 valence electrons. The number of methoxy groups -OCH3 is 1. The van der Waals surface area contributed by atoms with Crippen molar-refractivity contribution in [1.82, 2.24) is 4.98 Å². The molecular formula is C6H6BrIN2O. The van der Waals surface area contributed by atoms with Gasteiger partial charge >= 0.3 is 0 Å². The van der Waals surface area contributed by atoms with E-state index >= 15 is 0 Å². The number of nitrogens with two attached hydrogens (primary N) is 1. The Morgan fingerprint density at radius 3 is 2.82 bits per heavy atom. The maximum absolute atomic E-state index is 5.52. The third-order valence-electron chi connectivity index (χ3n) is 1.16. The van der Waals surface area contributed by atoms with Crippen LogP contribution in [-0.2, 0) is 0 Å². The van der Waals surface area contributed by atoms with Crippen LogP contribution in [0.2, 0.25) is 0 Å². The molecule has 1 rings (SSSR count). The zero-order valence-electron chi connectivity index (χ0n) is 5.77. The van der Waals surface area contributed by atoms with Gasteiger partial charge in [-0.3, -0.25) is 0 Å². The van der Waals surface area contributed by atoms with Gasteiger partial charge in [-0.25, -0.2) is 4.98 Å². The number of hydrogen-bond acceptors (Lipinski definition) is 3. The van der Waals surface area contributed by atoms with Crippen LogP contribution in [0.1, 0.15) is 0 Å². The minimum Gasteiger partial charge on any atom is -0.494 e. The lowest BCUT2D eigenvalue weighted by atomic mass is 10.4. The number of rotatable bonds is 1. The molecule has 0 fully saturated rings. The van der Waals surface area contributed by atoms with Gasteiger partial charge in [-0.1, -0.05) is 0 Å². The molecule has 11 heavy (non-hydrogen) atoms. The van der Waals surface area contributed by atoms with Crippen molar-refractivity contribution < 1.29 is 4.74 Å². The van der Waals surface area contributed by atoms with Gasteiger partial charge in [0.15, 0.2) is 5.75 Å². The van der Waals surface area contributed by atoms with E-state index in [9.17, 15) is 0 Å². The standard InChI is InChI=1S/C6H6BrIN2O/c1-11-5-3(8)2-10-6(9)4(5)7/h2H,1H3,(H2,9,10). The normalized spacial score (nSPS) is 9.73. The Balaban J connectivity index is 3.29. The van der Waals surface area contributed by atoms with E-state index in [4.69, 9.17) is 10.5 Å². The minimum atomic E-state index is 0.447. The molecule has 0 atom stereocenters. The van der Waals surface area contributed by atoms with Crippen molar-refractivity contribution in [2.45, 2.75) is 0 Å². The Bertz CT molecular complexity index is 280. The van der Waals surface area contributed by atoms with Gasteiger partial charge < -0.3 is 10.5 Å². The summed E-state index contributed by atoms with van der Waals surface area (Å²) in [5.74, 6) is 1.18.